The molecule has 2 heterocycles. The minimum absolute atomic E-state index is 0.0816. The van der Waals surface area contributed by atoms with Crippen LogP contribution in [0, 0.1) is 10.1 Å². The highest BCUT2D eigenvalue weighted by atomic mass is 16.6. The molecule has 9 nitrogen and oxygen atoms in total. The Bertz CT molecular complexity index is 571. The summed E-state index contributed by atoms with van der Waals surface area (Å²) in [7, 11) is 1.32. The van der Waals surface area contributed by atoms with Crippen molar-refractivity contribution in [3.63, 3.8) is 0 Å². The molecule has 0 aliphatic carbocycles. The van der Waals surface area contributed by atoms with Gasteiger partial charge < -0.3 is 10.1 Å². The van der Waals surface area contributed by atoms with Gasteiger partial charge in [0.2, 0.25) is 5.82 Å². The summed E-state index contributed by atoms with van der Waals surface area (Å²) >= 11 is 0. The lowest BCUT2D eigenvalue weighted by Crippen LogP contribution is -2.10. The molecular weight excluding hydrogens is 252 g/mol. The van der Waals surface area contributed by atoms with Gasteiger partial charge in [-0.25, -0.2) is 4.98 Å². The van der Waals surface area contributed by atoms with E-state index < -0.39 is 4.92 Å². The van der Waals surface area contributed by atoms with Crippen molar-refractivity contribution < 1.29 is 9.66 Å². The van der Waals surface area contributed by atoms with E-state index in [1.165, 1.54) is 13.4 Å². The number of rotatable bonds is 5. The van der Waals surface area contributed by atoms with Gasteiger partial charge in [0.1, 0.15) is 6.33 Å². The zero-order valence-corrected chi connectivity index (χ0v) is 10.3. The van der Waals surface area contributed by atoms with Crippen LogP contribution in [0.1, 0.15) is 18.5 Å². The van der Waals surface area contributed by atoms with Gasteiger partial charge in [0.15, 0.2) is 0 Å². The molecule has 2 aromatic rings. The van der Waals surface area contributed by atoms with Crippen molar-refractivity contribution in [3.8, 4) is 5.88 Å². The van der Waals surface area contributed by atoms with Crippen molar-refractivity contribution >= 4 is 11.5 Å². The maximum atomic E-state index is 11.1. The predicted octanol–water partition coefficient (Wildman–Crippen LogP) is 1.29. The van der Waals surface area contributed by atoms with Crippen molar-refractivity contribution in [3.05, 3.63) is 34.4 Å². The van der Waals surface area contributed by atoms with Crippen LogP contribution in [0.25, 0.3) is 0 Å². The van der Waals surface area contributed by atoms with Crippen molar-refractivity contribution in [1.82, 2.24) is 20.2 Å². The molecule has 2 aromatic heterocycles. The Morgan fingerprint density at radius 1 is 1.53 bits per heavy atom. The molecule has 0 fully saturated rings. The number of nitrogens with zero attached hydrogens (tertiary/aromatic N) is 4. The quantitative estimate of drug-likeness (QED) is 0.616. The van der Waals surface area contributed by atoms with Crippen molar-refractivity contribution in [2.75, 3.05) is 12.4 Å². The fourth-order valence-corrected chi connectivity index (χ4v) is 1.57. The van der Waals surface area contributed by atoms with E-state index in [-0.39, 0.29) is 23.4 Å². The normalized spacial score (nSPS) is 11.9. The average Bonchev–Trinajstić information content (AvgIpc) is 2.92. The second kappa shape index (κ2) is 5.29. The molecular formula is C10H12N6O3. The number of ether oxygens (including phenoxy) is 1. The van der Waals surface area contributed by atoms with E-state index in [1.807, 2.05) is 6.92 Å². The van der Waals surface area contributed by atoms with Crippen LogP contribution in [0.15, 0.2) is 18.7 Å². The van der Waals surface area contributed by atoms with E-state index in [0.29, 0.717) is 0 Å². The van der Waals surface area contributed by atoms with E-state index >= 15 is 0 Å². The summed E-state index contributed by atoms with van der Waals surface area (Å²) in [6.45, 7) is 1.84. The van der Waals surface area contributed by atoms with E-state index in [2.05, 4.69) is 25.5 Å². The molecule has 2 N–H and O–H groups in total. The van der Waals surface area contributed by atoms with Gasteiger partial charge in [-0.05, 0) is 6.92 Å². The minimum atomic E-state index is -0.580. The predicted molar refractivity (Wildman–Crippen MR) is 65.9 cm³/mol. The third-order valence-corrected chi connectivity index (χ3v) is 2.54. The Labute approximate surface area is 108 Å². The van der Waals surface area contributed by atoms with Crippen molar-refractivity contribution in [2.24, 2.45) is 0 Å². The number of hydrogen-bond donors (Lipinski definition) is 2. The lowest BCUT2D eigenvalue weighted by molar-refractivity contribution is -0.385. The number of hydrogen-bond acceptors (Lipinski definition) is 7. The molecule has 0 aliphatic rings. The molecule has 0 aromatic carbocycles. The van der Waals surface area contributed by atoms with E-state index in [0.717, 1.165) is 5.56 Å². The molecule has 0 amide bonds. The number of aromatic amines is 1. The van der Waals surface area contributed by atoms with Gasteiger partial charge in [-0.15, -0.1) is 0 Å². The third kappa shape index (κ3) is 2.59. The molecule has 1 unspecified atom stereocenters. The minimum Gasteiger partial charge on any atom is -0.476 e. The lowest BCUT2D eigenvalue weighted by atomic mass is 10.2. The second-order valence-electron chi connectivity index (χ2n) is 3.73. The number of anilines is 1. The van der Waals surface area contributed by atoms with Crippen LogP contribution < -0.4 is 10.1 Å². The number of aromatic nitrogens is 4. The van der Waals surface area contributed by atoms with Crippen LogP contribution >= 0.6 is 0 Å². The Hall–Kier alpha value is -2.71. The molecule has 0 radical (unpaired) electrons. The number of methoxy groups -OCH3 is 1. The lowest BCUT2D eigenvalue weighted by Gasteiger charge is -2.13. The average molecular weight is 264 g/mol. The molecule has 19 heavy (non-hydrogen) atoms. The third-order valence-electron chi connectivity index (χ3n) is 2.54. The number of nitrogens with one attached hydrogen (secondary N) is 2. The Morgan fingerprint density at radius 2 is 2.32 bits per heavy atom. The van der Waals surface area contributed by atoms with E-state index in [1.54, 1.807) is 12.4 Å². The highest BCUT2D eigenvalue weighted by Crippen LogP contribution is 2.32. The van der Waals surface area contributed by atoms with Gasteiger partial charge in [0, 0.05) is 11.8 Å². The van der Waals surface area contributed by atoms with Gasteiger partial charge in [0.25, 0.3) is 5.88 Å². The van der Waals surface area contributed by atoms with E-state index in [4.69, 9.17) is 4.74 Å². The first-order valence-corrected chi connectivity index (χ1v) is 5.42. The highest BCUT2D eigenvalue weighted by Gasteiger charge is 2.25. The highest BCUT2D eigenvalue weighted by molar-refractivity contribution is 5.61. The smallest absolute Gasteiger partial charge is 0.372 e. The Morgan fingerprint density at radius 3 is 2.89 bits per heavy atom. The Balaban J connectivity index is 2.32. The summed E-state index contributed by atoms with van der Waals surface area (Å²) in [4.78, 5) is 18.1. The van der Waals surface area contributed by atoms with Gasteiger partial charge in [-0.2, -0.15) is 10.1 Å². The van der Waals surface area contributed by atoms with Gasteiger partial charge in [-0.3, -0.25) is 15.2 Å². The molecule has 0 bridgehead atoms. The largest absolute Gasteiger partial charge is 0.476 e. The van der Waals surface area contributed by atoms with Crippen LogP contribution in [0.3, 0.4) is 0 Å². The number of H-pyrrole nitrogens is 1. The standard InChI is InChI=1S/C10H12N6O3/c1-6(7-3-13-14-4-7)15-9-8(16(17)18)10(19-2)12-5-11-9/h3-6H,1-2H3,(H,13,14)(H,11,12,15). The first-order valence-electron chi connectivity index (χ1n) is 5.42. The van der Waals surface area contributed by atoms with E-state index in [9.17, 15) is 10.1 Å². The van der Waals surface area contributed by atoms with Crippen LogP contribution in [-0.2, 0) is 0 Å². The first-order chi connectivity index (χ1) is 9.13. The molecule has 100 valence electrons. The SMILES string of the molecule is COc1ncnc(NC(C)c2cn[nH]c2)c1[N+](=O)[O-]. The summed E-state index contributed by atoms with van der Waals surface area (Å²) in [5.74, 6) is 0.0208. The fourth-order valence-electron chi connectivity index (χ4n) is 1.57. The van der Waals surface area contributed by atoms with Gasteiger partial charge in [-0.1, -0.05) is 0 Å². The second-order valence-corrected chi connectivity index (χ2v) is 3.73. The van der Waals surface area contributed by atoms with Gasteiger partial charge in [0.05, 0.1) is 24.3 Å². The molecule has 0 saturated carbocycles. The molecule has 0 saturated heterocycles. The summed E-state index contributed by atoms with van der Waals surface area (Å²) < 4.78 is 4.87. The summed E-state index contributed by atoms with van der Waals surface area (Å²) in [6.07, 6.45) is 4.53. The van der Waals surface area contributed by atoms with Crippen molar-refractivity contribution in [1.29, 1.82) is 0 Å². The molecule has 0 spiro atoms. The number of nitro groups is 1. The maximum absolute atomic E-state index is 11.1. The first kappa shape index (κ1) is 12.7. The van der Waals surface area contributed by atoms with Crippen LogP contribution in [0.4, 0.5) is 11.5 Å². The van der Waals surface area contributed by atoms with Crippen LogP contribution in [-0.4, -0.2) is 32.2 Å². The molecule has 0 aliphatic heterocycles. The zero-order valence-electron chi connectivity index (χ0n) is 10.3. The van der Waals surface area contributed by atoms with Crippen LogP contribution in [0.2, 0.25) is 0 Å². The van der Waals surface area contributed by atoms with Crippen molar-refractivity contribution in [2.45, 2.75) is 13.0 Å². The molecule has 1 atom stereocenters. The van der Waals surface area contributed by atoms with Crippen LogP contribution in [0.5, 0.6) is 5.88 Å². The molecule has 9 heteroatoms. The molecule has 2 rings (SSSR count). The summed E-state index contributed by atoms with van der Waals surface area (Å²) in [5.41, 5.74) is 0.562. The van der Waals surface area contributed by atoms with Gasteiger partial charge >= 0.3 is 5.69 Å². The zero-order chi connectivity index (χ0) is 13.8. The topological polar surface area (TPSA) is 119 Å². The maximum Gasteiger partial charge on any atom is 0.372 e. The summed E-state index contributed by atoms with van der Waals surface area (Å²) in [6, 6.07) is -0.197. The summed E-state index contributed by atoms with van der Waals surface area (Å²) in [5, 5.41) is 20.5. The monoisotopic (exact) mass is 264 g/mol. The fraction of sp³-hybridized carbons (Fsp3) is 0.300. The Kier molecular flexibility index (Phi) is 3.55.